The van der Waals surface area contributed by atoms with Gasteiger partial charge in [-0.25, -0.2) is 4.98 Å². The third-order valence-corrected chi connectivity index (χ3v) is 3.69. The predicted octanol–water partition coefficient (Wildman–Crippen LogP) is 1.73. The van der Waals surface area contributed by atoms with Crippen molar-refractivity contribution in [3.63, 3.8) is 0 Å². The Morgan fingerprint density at radius 2 is 2.35 bits per heavy atom. The van der Waals surface area contributed by atoms with Crippen LogP contribution >= 0.6 is 11.3 Å². The second-order valence-electron chi connectivity index (χ2n) is 3.94. The highest BCUT2D eigenvalue weighted by Gasteiger charge is 2.10. The SMILES string of the molecule is CCC(O)c1cn(CCc2scnc2C)nn1. The zero-order valence-electron chi connectivity index (χ0n) is 10.00. The van der Waals surface area contributed by atoms with Gasteiger partial charge >= 0.3 is 0 Å². The maximum absolute atomic E-state index is 9.62. The minimum atomic E-state index is -0.506. The smallest absolute Gasteiger partial charge is 0.111 e. The topological polar surface area (TPSA) is 63.8 Å². The van der Waals surface area contributed by atoms with Gasteiger partial charge in [-0.05, 0) is 13.3 Å². The molecular formula is C11H16N4OS. The molecule has 0 spiro atoms. The summed E-state index contributed by atoms with van der Waals surface area (Å²) in [5.41, 5.74) is 3.59. The third-order valence-electron chi connectivity index (χ3n) is 2.70. The molecule has 0 radical (unpaired) electrons. The Morgan fingerprint density at radius 3 is 3.00 bits per heavy atom. The molecule has 17 heavy (non-hydrogen) atoms. The van der Waals surface area contributed by atoms with E-state index >= 15 is 0 Å². The number of aryl methyl sites for hydroxylation is 3. The van der Waals surface area contributed by atoms with Crippen LogP contribution in [0.5, 0.6) is 0 Å². The lowest BCUT2D eigenvalue weighted by Crippen LogP contribution is -2.02. The lowest BCUT2D eigenvalue weighted by atomic mass is 10.2. The minimum Gasteiger partial charge on any atom is -0.387 e. The van der Waals surface area contributed by atoms with Crippen molar-refractivity contribution in [2.75, 3.05) is 0 Å². The van der Waals surface area contributed by atoms with Crippen molar-refractivity contribution < 1.29 is 5.11 Å². The zero-order valence-corrected chi connectivity index (χ0v) is 10.8. The summed E-state index contributed by atoms with van der Waals surface area (Å²) in [6.45, 7) is 4.70. The van der Waals surface area contributed by atoms with Crippen LogP contribution in [0, 0.1) is 6.92 Å². The Labute approximate surface area is 104 Å². The first-order valence-corrected chi connectivity index (χ1v) is 6.55. The highest BCUT2D eigenvalue weighted by Crippen LogP contribution is 2.15. The molecule has 5 nitrogen and oxygen atoms in total. The molecular weight excluding hydrogens is 236 g/mol. The van der Waals surface area contributed by atoms with E-state index in [0.29, 0.717) is 12.1 Å². The summed E-state index contributed by atoms with van der Waals surface area (Å²) < 4.78 is 1.77. The van der Waals surface area contributed by atoms with Gasteiger partial charge in [0, 0.05) is 17.8 Å². The largest absolute Gasteiger partial charge is 0.387 e. The van der Waals surface area contributed by atoms with Crippen molar-refractivity contribution in [3.8, 4) is 0 Å². The van der Waals surface area contributed by atoms with Crippen molar-refractivity contribution in [3.05, 3.63) is 28.0 Å². The van der Waals surface area contributed by atoms with Crippen LogP contribution in [0.15, 0.2) is 11.7 Å². The molecule has 6 heteroatoms. The van der Waals surface area contributed by atoms with Crippen molar-refractivity contribution in [2.24, 2.45) is 0 Å². The Morgan fingerprint density at radius 1 is 1.53 bits per heavy atom. The van der Waals surface area contributed by atoms with Crippen LogP contribution in [0.3, 0.4) is 0 Å². The maximum Gasteiger partial charge on any atom is 0.111 e. The maximum atomic E-state index is 9.62. The first kappa shape index (κ1) is 12.2. The van der Waals surface area contributed by atoms with Crippen molar-refractivity contribution in [2.45, 2.75) is 39.3 Å². The second kappa shape index (κ2) is 5.37. The fourth-order valence-electron chi connectivity index (χ4n) is 1.57. The number of hydrogen-bond acceptors (Lipinski definition) is 5. The van der Waals surface area contributed by atoms with Gasteiger partial charge in [-0.2, -0.15) is 0 Å². The molecule has 2 rings (SSSR count). The lowest BCUT2D eigenvalue weighted by molar-refractivity contribution is 0.168. The van der Waals surface area contributed by atoms with E-state index in [0.717, 1.165) is 18.7 Å². The average molecular weight is 252 g/mol. The third kappa shape index (κ3) is 2.89. The fourth-order valence-corrected chi connectivity index (χ4v) is 2.34. The molecule has 0 amide bonds. The van der Waals surface area contributed by atoms with E-state index in [-0.39, 0.29) is 0 Å². The van der Waals surface area contributed by atoms with Crippen LogP contribution in [0.1, 0.15) is 35.7 Å². The van der Waals surface area contributed by atoms with Gasteiger partial charge in [0.05, 0.1) is 23.5 Å². The molecule has 0 saturated heterocycles. The van der Waals surface area contributed by atoms with Gasteiger partial charge in [-0.1, -0.05) is 12.1 Å². The molecule has 0 aliphatic rings. The van der Waals surface area contributed by atoms with Crippen LogP contribution in [0.25, 0.3) is 0 Å². The van der Waals surface area contributed by atoms with E-state index in [1.165, 1.54) is 4.88 Å². The molecule has 92 valence electrons. The highest BCUT2D eigenvalue weighted by atomic mass is 32.1. The first-order valence-electron chi connectivity index (χ1n) is 5.67. The summed E-state index contributed by atoms with van der Waals surface area (Å²) in [7, 11) is 0. The summed E-state index contributed by atoms with van der Waals surface area (Å²) >= 11 is 1.66. The van der Waals surface area contributed by atoms with Crippen LogP contribution in [-0.4, -0.2) is 25.1 Å². The molecule has 2 aromatic rings. The molecule has 0 saturated carbocycles. The quantitative estimate of drug-likeness (QED) is 0.880. The van der Waals surface area contributed by atoms with Crippen LogP contribution in [-0.2, 0) is 13.0 Å². The zero-order chi connectivity index (χ0) is 12.3. The molecule has 0 bridgehead atoms. The van der Waals surface area contributed by atoms with Crippen LogP contribution in [0.4, 0.5) is 0 Å². The van der Waals surface area contributed by atoms with E-state index in [1.54, 1.807) is 16.0 Å². The Hall–Kier alpha value is -1.27. The van der Waals surface area contributed by atoms with Crippen LogP contribution in [0.2, 0.25) is 0 Å². The Bertz CT molecular complexity index is 479. The van der Waals surface area contributed by atoms with E-state index < -0.39 is 6.10 Å². The van der Waals surface area contributed by atoms with Crippen molar-refractivity contribution in [1.82, 2.24) is 20.0 Å². The summed E-state index contributed by atoms with van der Waals surface area (Å²) in [5, 5.41) is 17.6. The standard InChI is InChI=1S/C11H16N4OS/c1-3-10(16)9-6-15(14-13-9)5-4-11-8(2)12-7-17-11/h6-7,10,16H,3-5H2,1-2H3. The monoisotopic (exact) mass is 252 g/mol. The number of hydrogen-bond donors (Lipinski definition) is 1. The molecule has 0 aliphatic heterocycles. The molecule has 0 aromatic carbocycles. The first-order chi connectivity index (χ1) is 8.20. The Balaban J connectivity index is 1.96. The molecule has 0 fully saturated rings. The summed E-state index contributed by atoms with van der Waals surface area (Å²) in [6, 6.07) is 0. The molecule has 0 aliphatic carbocycles. The van der Waals surface area contributed by atoms with Gasteiger partial charge < -0.3 is 5.11 Å². The van der Waals surface area contributed by atoms with E-state index in [2.05, 4.69) is 15.3 Å². The molecule has 2 heterocycles. The normalized spacial score (nSPS) is 12.9. The molecule has 1 atom stereocenters. The van der Waals surface area contributed by atoms with Gasteiger partial charge in [-0.3, -0.25) is 4.68 Å². The van der Waals surface area contributed by atoms with E-state index in [9.17, 15) is 5.11 Å². The average Bonchev–Trinajstić information content (AvgIpc) is 2.94. The van der Waals surface area contributed by atoms with Gasteiger partial charge in [0.15, 0.2) is 0 Å². The summed E-state index contributed by atoms with van der Waals surface area (Å²) in [4.78, 5) is 5.48. The fraction of sp³-hybridized carbons (Fsp3) is 0.545. The molecule has 2 aromatic heterocycles. The Kier molecular flexibility index (Phi) is 3.86. The van der Waals surface area contributed by atoms with Gasteiger partial charge in [-0.15, -0.1) is 16.4 Å². The van der Waals surface area contributed by atoms with Crippen molar-refractivity contribution >= 4 is 11.3 Å². The number of rotatable bonds is 5. The van der Waals surface area contributed by atoms with Crippen molar-refractivity contribution in [1.29, 1.82) is 0 Å². The number of thiazole rings is 1. The van der Waals surface area contributed by atoms with Gasteiger partial charge in [0.2, 0.25) is 0 Å². The van der Waals surface area contributed by atoms with E-state index in [4.69, 9.17) is 0 Å². The number of aromatic nitrogens is 4. The number of aliphatic hydroxyl groups excluding tert-OH is 1. The highest BCUT2D eigenvalue weighted by molar-refractivity contribution is 7.09. The second-order valence-corrected chi connectivity index (χ2v) is 4.88. The molecule has 1 N–H and O–H groups in total. The number of nitrogens with zero attached hydrogens (tertiary/aromatic N) is 4. The van der Waals surface area contributed by atoms with Gasteiger partial charge in [0.1, 0.15) is 5.69 Å². The predicted molar refractivity (Wildman–Crippen MR) is 65.8 cm³/mol. The van der Waals surface area contributed by atoms with Crippen LogP contribution < -0.4 is 0 Å². The summed E-state index contributed by atoms with van der Waals surface area (Å²) in [6.07, 6.45) is 2.87. The summed E-state index contributed by atoms with van der Waals surface area (Å²) in [5.74, 6) is 0. The van der Waals surface area contributed by atoms with E-state index in [1.807, 2.05) is 25.6 Å². The lowest BCUT2D eigenvalue weighted by Gasteiger charge is -2.01. The number of aliphatic hydroxyl groups is 1. The molecule has 1 unspecified atom stereocenters. The van der Waals surface area contributed by atoms with Gasteiger partial charge in [0.25, 0.3) is 0 Å². The minimum absolute atomic E-state index is 0.506.